The summed E-state index contributed by atoms with van der Waals surface area (Å²) in [6, 6.07) is 11.7. The second-order valence-corrected chi connectivity index (χ2v) is 5.65. The van der Waals surface area contributed by atoms with Gasteiger partial charge in [0.1, 0.15) is 5.69 Å². The molecule has 122 valence electrons. The molecule has 1 aromatic carbocycles. The van der Waals surface area contributed by atoms with Gasteiger partial charge in [0.2, 0.25) is 5.95 Å². The summed E-state index contributed by atoms with van der Waals surface area (Å²) in [7, 11) is 1.79. The van der Waals surface area contributed by atoms with Gasteiger partial charge in [0.05, 0.1) is 0 Å². The molecule has 0 saturated heterocycles. The number of aromatic nitrogens is 2. The molecular weight excluding hydrogens is 288 g/mol. The largest absolute Gasteiger partial charge is 0.354 e. The fourth-order valence-corrected chi connectivity index (χ4v) is 2.26. The van der Waals surface area contributed by atoms with E-state index in [-0.39, 0.29) is 5.91 Å². The first-order valence-corrected chi connectivity index (χ1v) is 7.99. The maximum Gasteiger partial charge on any atom is 0.272 e. The molecular formula is C18H24N4O. The Hall–Kier alpha value is -2.43. The Kier molecular flexibility index (Phi) is 6.09. The summed E-state index contributed by atoms with van der Waals surface area (Å²) in [5, 5.41) is 3.18. The Balaban J connectivity index is 2.08. The van der Waals surface area contributed by atoms with Crippen molar-refractivity contribution in [1.29, 1.82) is 0 Å². The maximum atomic E-state index is 12.6. The molecule has 1 N–H and O–H groups in total. The highest BCUT2D eigenvalue weighted by atomic mass is 16.2. The first-order valence-electron chi connectivity index (χ1n) is 7.99. The normalized spacial score (nSPS) is 10.4. The molecule has 0 aliphatic rings. The number of nitrogens with zero attached hydrogens (tertiary/aromatic N) is 3. The number of anilines is 1. The minimum absolute atomic E-state index is 0.0992. The predicted molar refractivity (Wildman–Crippen MR) is 92.4 cm³/mol. The minimum atomic E-state index is -0.0992. The second-order valence-electron chi connectivity index (χ2n) is 5.65. The molecule has 0 unspecified atom stereocenters. The first-order chi connectivity index (χ1) is 11.1. The average molecular weight is 312 g/mol. The van der Waals surface area contributed by atoms with Crippen LogP contribution in [0.15, 0.2) is 36.4 Å². The Bertz CT molecular complexity index is 643. The van der Waals surface area contributed by atoms with Gasteiger partial charge >= 0.3 is 0 Å². The summed E-state index contributed by atoms with van der Waals surface area (Å²) in [5.41, 5.74) is 2.31. The van der Waals surface area contributed by atoms with Gasteiger partial charge in [-0.25, -0.2) is 9.97 Å². The highest BCUT2D eigenvalue weighted by Gasteiger charge is 2.15. The second kappa shape index (κ2) is 8.27. The fourth-order valence-electron chi connectivity index (χ4n) is 2.26. The molecule has 0 aliphatic heterocycles. The number of aryl methyl sites for hydroxylation is 1. The van der Waals surface area contributed by atoms with E-state index >= 15 is 0 Å². The summed E-state index contributed by atoms with van der Waals surface area (Å²) < 4.78 is 0. The molecule has 0 aliphatic carbocycles. The van der Waals surface area contributed by atoms with Crippen molar-refractivity contribution in [2.24, 2.45) is 0 Å². The van der Waals surface area contributed by atoms with Gasteiger partial charge < -0.3 is 10.2 Å². The van der Waals surface area contributed by atoms with Crippen LogP contribution in [-0.2, 0) is 6.54 Å². The Morgan fingerprint density at radius 3 is 2.65 bits per heavy atom. The molecule has 0 saturated carbocycles. The van der Waals surface area contributed by atoms with Crippen molar-refractivity contribution in [2.45, 2.75) is 33.2 Å². The van der Waals surface area contributed by atoms with E-state index in [4.69, 9.17) is 0 Å². The lowest BCUT2D eigenvalue weighted by Crippen LogP contribution is -2.27. The number of nitrogens with one attached hydrogen (secondary N) is 1. The number of amides is 1. The molecule has 0 radical (unpaired) electrons. The third-order valence-electron chi connectivity index (χ3n) is 3.50. The summed E-state index contributed by atoms with van der Waals surface area (Å²) in [6.45, 7) is 5.38. The standard InChI is InChI=1S/C18H24N4O/c1-4-5-11-19-18-20-14(2)12-16(21-18)17(23)22(3)13-15-9-7-6-8-10-15/h6-10,12H,4-5,11,13H2,1-3H3,(H,19,20,21). The number of rotatable bonds is 7. The number of benzene rings is 1. The molecule has 0 bridgehead atoms. The molecule has 0 fully saturated rings. The van der Waals surface area contributed by atoms with Gasteiger partial charge in [-0.2, -0.15) is 0 Å². The fraction of sp³-hybridized carbons (Fsp3) is 0.389. The first kappa shape index (κ1) is 16.9. The van der Waals surface area contributed by atoms with Crippen LogP contribution in [0.3, 0.4) is 0 Å². The monoisotopic (exact) mass is 312 g/mol. The molecule has 2 aromatic rings. The van der Waals surface area contributed by atoms with Crippen molar-refractivity contribution in [3.63, 3.8) is 0 Å². The van der Waals surface area contributed by atoms with E-state index < -0.39 is 0 Å². The van der Waals surface area contributed by atoms with Crippen LogP contribution in [0.5, 0.6) is 0 Å². The van der Waals surface area contributed by atoms with E-state index in [1.54, 1.807) is 18.0 Å². The van der Waals surface area contributed by atoms with Gasteiger partial charge in [-0.1, -0.05) is 43.7 Å². The highest BCUT2D eigenvalue weighted by molar-refractivity contribution is 5.92. The number of hydrogen-bond donors (Lipinski definition) is 1. The zero-order valence-corrected chi connectivity index (χ0v) is 14.0. The molecule has 0 spiro atoms. The van der Waals surface area contributed by atoms with Gasteiger partial charge in [-0.3, -0.25) is 4.79 Å². The van der Waals surface area contributed by atoms with Crippen LogP contribution in [0.25, 0.3) is 0 Å². The predicted octanol–water partition coefficient (Wildman–Crippen LogP) is 3.27. The van der Waals surface area contributed by atoms with Crippen LogP contribution in [-0.4, -0.2) is 34.4 Å². The highest BCUT2D eigenvalue weighted by Crippen LogP contribution is 2.10. The van der Waals surface area contributed by atoms with Crippen LogP contribution < -0.4 is 5.32 Å². The van der Waals surface area contributed by atoms with Gasteiger partial charge in [-0.15, -0.1) is 0 Å². The molecule has 0 atom stereocenters. The summed E-state index contributed by atoms with van der Waals surface area (Å²) in [4.78, 5) is 23.0. The molecule has 2 rings (SSSR count). The lowest BCUT2D eigenvalue weighted by molar-refractivity contribution is 0.0779. The van der Waals surface area contributed by atoms with Gasteiger partial charge in [-0.05, 0) is 25.0 Å². The third kappa shape index (κ3) is 5.06. The minimum Gasteiger partial charge on any atom is -0.354 e. The van der Waals surface area contributed by atoms with Crippen LogP contribution >= 0.6 is 0 Å². The van der Waals surface area contributed by atoms with Crippen molar-refractivity contribution in [1.82, 2.24) is 14.9 Å². The number of unbranched alkanes of at least 4 members (excludes halogenated alkanes) is 1. The van der Waals surface area contributed by atoms with Crippen LogP contribution in [0.1, 0.15) is 41.5 Å². The Morgan fingerprint density at radius 1 is 1.22 bits per heavy atom. The van der Waals surface area contributed by atoms with Crippen molar-refractivity contribution < 1.29 is 4.79 Å². The van der Waals surface area contributed by atoms with E-state index in [1.807, 2.05) is 37.3 Å². The van der Waals surface area contributed by atoms with Crippen molar-refractivity contribution >= 4 is 11.9 Å². The zero-order valence-electron chi connectivity index (χ0n) is 14.0. The quantitative estimate of drug-likeness (QED) is 0.797. The summed E-state index contributed by atoms with van der Waals surface area (Å²) in [5.74, 6) is 0.424. The SMILES string of the molecule is CCCCNc1nc(C)cc(C(=O)N(C)Cc2ccccc2)n1. The molecule has 1 amide bonds. The van der Waals surface area contributed by atoms with E-state index in [0.717, 1.165) is 30.6 Å². The molecule has 23 heavy (non-hydrogen) atoms. The Labute approximate surface area is 137 Å². The topological polar surface area (TPSA) is 58.1 Å². The molecule has 1 heterocycles. The molecule has 5 nitrogen and oxygen atoms in total. The number of carbonyl (C=O) groups is 1. The van der Waals surface area contributed by atoms with E-state index in [9.17, 15) is 4.79 Å². The van der Waals surface area contributed by atoms with Crippen molar-refractivity contribution in [3.8, 4) is 0 Å². The van der Waals surface area contributed by atoms with Crippen molar-refractivity contribution in [3.05, 3.63) is 53.3 Å². The molecule has 5 heteroatoms. The number of hydrogen-bond acceptors (Lipinski definition) is 4. The lowest BCUT2D eigenvalue weighted by atomic mass is 10.2. The van der Waals surface area contributed by atoms with E-state index in [0.29, 0.717) is 18.2 Å². The van der Waals surface area contributed by atoms with Crippen LogP contribution in [0, 0.1) is 6.92 Å². The summed E-state index contributed by atoms with van der Waals surface area (Å²) in [6.07, 6.45) is 2.15. The molecule has 1 aromatic heterocycles. The summed E-state index contributed by atoms with van der Waals surface area (Å²) >= 11 is 0. The van der Waals surface area contributed by atoms with Gasteiger partial charge in [0.25, 0.3) is 5.91 Å². The lowest BCUT2D eigenvalue weighted by Gasteiger charge is -2.17. The average Bonchev–Trinajstić information content (AvgIpc) is 2.55. The van der Waals surface area contributed by atoms with Crippen molar-refractivity contribution in [2.75, 3.05) is 18.9 Å². The maximum absolute atomic E-state index is 12.6. The Morgan fingerprint density at radius 2 is 1.96 bits per heavy atom. The third-order valence-corrected chi connectivity index (χ3v) is 3.50. The van der Waals surface area contributed by atoms with Gasteiger partial charge in [0.15, 0.2) is 0 Å². The van der Waals surface area contributed by atoms with Crippen LogP contribution in [0.2, 0.25) is 0 Å². The van der Waals surface area contributed by atoms with E-state index in [1.165, 1.54) is 0 Å². The van der Waals surface area contributed by atoms with Crippen LogP contribution in [0.4, 0.5) is 5.95 Å². The zero-order chi connectivity index (χ0) is 16.7. The smallest absolute Gasteiger partial charge is 0.272 e. The number of carbonyl (C=O) groups excluding carboxylic acids is 1. The van der Waals surface area contributed by atoms with E-state index in [2.05, 4.69) is 22.2 Å². The van der Waals surface area contributed by atoms with Gasteiger partial charge in [0, 0.05) is 25.8 Å².